The lowest BCUT2D eigenvalue weighted by Crippen LogP contribution is -2.22. The number of hydrogen-bond donors (Lipinski definition) is 2. The smallest absolute Gasteiger partial charge is 0.237 e. The number of aromatic nitrogens is 2. The zero-order chi connectivity index (χ0) is 20.4. The number of fused-ring (bicyclic) bond motifs is 1. The maximum Gasteiger partial charge on any atom is 0.237 e. The minimum Gasteiger partial charge on any atom is -0.508 e. The van der Waals surface area contributed by atoms with E-state index in [-0.39, 0.29) is 16.9 Å². The van der Waals surface area contributed by atoms with Gasteiger partial charge in [-0.1, -0.05) is 41.6 Å². The second kappa shape index (κ2) is 8.23. The molecule has 2 N–H and O–H groups in total. The van der Waals surface area contributed by atoms with Gasteiger partial charge in [-0.2, -0.15) is 0 Å². The van der Waals surface area contributed by atoms with Crippen LogP contribution < -0.4 is 5.32 Å². The van der Waals surface area contributed by atoms with Gasteiger partial charge in [-0.15, -0.1) is 11.3 Å². The Kier molecular flexibility index (Phi) is 5.51. The molecule has 0 saturated heterocycles. The fraction of sp³-hybridized carbons (Fsp3) is 0.136. The lowest BCUT2D eigenvalue weighted by atomic mass is 10.1. The summed E-state index contributed by atoms with van der Waals surface area (Å²) in [5.74, 6) is 0.0365. The fourth-order valence-electron chi connectivity index (χ4n) is 2.89. The number of thiophene rings is 1. The molecule has 5 nitrogen and oxygen atoms in total. The maximum atomic E-state index is 12.6. The van der Waals surface area contributed by atoms with E-state index in [4.69, 9.17) is 0 Å². The predicted octanol–water partition coefficient (Wildman–Crippen LogP) is 5.49. The highest BCUT2D eigenvalue weighted by Crippen LogP contribution is 2.39. The van der Waals surface area contributed by atoms with Crippen molar-refractivity contribution in [2.45, 2.75) is 24.1 Å². The minimum atomic E-state index is -0.354. The van der Waals surface area contributed by atoms with E-state index < -0.39 is 0 Å². The summed E-state index contributed by atoms with van der Waals surface area (Å²) >= 11 is 2.99. The first-order valence-corrected chi connectivity index (χ1v) is 10.8. The Morgan fingerprint density at radius 1 is 1.10 bits per heavy atom. The van der Waals surface area contributed by atoms with Gasteiger partial charge in [-0.25, -0.2) is 9.97 Å². The van der Waals surface area contributed by atoms with Crippen LogP contribution in [0.25, 0.3) is 21.3 Å². The first kappa shape index (κ1) is 19.4. The molecule has 1 amide bonds. The Hall–Kier alpha value is -2.90. The third kappa shape index (κ3) is 4.26. The molecule has 0 spiro atoms. The minimum absolute atomic E-state index is 0.125. The average Bonchev–Trinajstić information content (AvgIpc) is 3.15. The zero-order valence-corrected chi connectivity index (χ0v) is 17.6. The molecule has 1 unspecified atom stereocenters. The van der Waals surface area contributed by atoms with Crippen LogP contribution in [0.1, 0.15) is 12.5 Å². The van der Waals surface area contributed by atoms with Crippen molar-refractivity contribution < 1.29 is 9.90 Å². The van der Waals surface area contributed by atoms with Crippen LogP contribution >= 0.6 is 23.1 Å². The normalized spacial score (nSPS) is 12.1. The van der Waals surface area contributed by atoms with Crippen molar-refractivity contribution in [1.29, 1.82) is 0 Å². The number of carbonyl (C=O) groups is 1. The summed E-state index contributed by atoms with van der Waals surface area (Å²) in [6.07, 6.45) is 1.55. The van der Waals surface area contributed by atoms with Gasteiger partial charge in [0.05, 0.1) is 10.6 Å². The van der Waals surface area contributed by atoms with Crippen LogP contribution in [0.5, 0.6) is 5.75 Å². The standard InChI is InChI=1S/C22H19N3O2S2/c1-13-3-5-15(6-4-13)18-11-28-21-19(18)22(24-12-23-21)29-14(2)20(27)25-16-7-9-17(26)10-8-16/h3-12,14,26H,1-2H3,(H,25,27). The third-order valence-electron chi connectivity index (χ3n) is 4.49. The SMILES string of the molecule is Cc1ccc(-c2csc3ncnc(SC(C)C(=O)Nc4ccc(O)cc4)c23)cc1. The van der Waals surface area contributed by atoms with Crippen molar-refractivity contribution in [3.63, 3.8) is 0 Å². The lowest BCUT2D eigenvalue weighted by Gasteiger charge is -2.13. The molecule has 7 heteroatoms. The van der Waals surface area contributed by atoms with E-state index in [0.717, 1.165) is 26.4 Å². The van der Waals surface area contributed by atoms with Gasteiger partial charge in [0.2, 0.25) is 5.91 Å². The molecule has 29 heavy (non-hydrogen) atoms. The number of phenolic OH excluding ortho intramolecular Hbond substituents is 1. The quantitative estimate of drug-likeness (QED) is 0.253. The number of carbonyl (C=O) groups excluding carboxylic acids is 1. The lowest BCUT2D eigenvalue weighted by molar-refractivity contribution is -0.115. The number of phenols is 1. The number of nitrogens with one attached hydrogen (secondary N) is 1. The van der Waals surface area contributed by atoms with Crippen molar-refractivity contribution in [2.24, 2.45) is 0 Å². The van der Waals surface area contributed by atoms with E-state index >= 15 is 0 Å². The summed E-state index contributed by atoms with van der Waals surface area (Å²) in [6, 6.07) is 14.8. The Labute approximate surface area is 176 Å². The molecule has 2 aromatic heterocycles. The summed E-state index contributed by atoms with van der Waals surface area (Å²) in [7, 11) is 0. The maximum absolute atomic E-state index is 12.6. The molecule has 2 heterocycles. The van der Waals surface area contributed by atoms with E-state index in [1.54, 1.807) is 41.9 Å². The highest BCUT2D eigenvalue weighted by atomic mass is 32.2. The van der Waals surface area contributed by atoms with Gasteiger partial charge in [0.15, 0.2) is 0 Å². The Bertz CT molecular complexity index is 1160. The van der Waals surface area contributed by atoms with E-state index in [0.29, 0.717) is 5.69 Å². The number of benzene rings is 2. The first-order chi connectivity index (χ1) is 14.0. The molecular weight excluding hydrogens is 402 g/mol. The van der Waals surface area contributed by atoms with E-state index in [1.807, 2.05) is 6.92 Å². The van der Waals surface area contributed by atoms with Crippen LogP contribution in [-0.2, 0) is 4.79 Å². The van der Waals surface area contributed by atoms with Gasteiger partial charge >= 0.3 is 0 Å². The summed E-state index contributed by atoms with van der Waals surface area (Å²) in [5.41, 5.74) is 4.04. The number of amides is 1. The topological polar surface area (TPSA) is 75.1 Å². The number of rotatable bonds is 5. The van der Waals surface area contributed by atoms with Crippen LogP contribution in [-0.4, -0.2) is 26.2 Å². The van der Waals surface area contributed by atoms with E-state index in [2.05, 4.69) is 51.9 Å². The van der Waals surface area contributed by atoms with Gasteiger partial charge in [0, 0.05) is 16.6 Å². The summed E-state index contributed by atoms with van der Waals surface area (Å²) in [4.78, 5) is 22.4. The Morgan fingerprint density at radius 3 is 2.55 bits per heavy atom. The fourth-order valence-corrected chi connectivity index (χ4v) is 4.81. The molecule has 1 atom stereocenters. The number of thioether (sulfide) groups is 1. The second-order valence-corrected chi connectivity index (χ2v) is 8.86. The molecule has 0 bridgehead atoms. The van der Waals surface area contributed by atoms with Crippen LogP contribution in [0.3, 0.4) is 0 Å². The molecule has 0 fully saturated rings. The number of aryl methyl sites for hydroxylation is 1. The Balaban J connectivity index is 1.60. The zero-order valence-electron chi connectivity index (χ0n) is 15.9. The molecule has 4 rings (SSSR count). The van der Waals surface area contributed by atoms with Gasteiger partial charge in [0.1, 0.15) is 21.9 Å². The monoisotopic (exact) mass is 421 g/mol. The van der Waals surface area contributed by atoms with Crippen molar-refractivity contribution in [3.05, 3.63) is 65.8 Å². The van der Waals surface area contributed by atoms with E-state index in [9.17, 15) is 9.90 Å². The molecule has 0 aliphatic carbocycles. The highest BCUT2D eigenvalue weighted by molar-refractivity contribution is 8.00. The van der Waals surface area contributed by atoms with Gasteiger partial charge in [-0.05, 0) is 43.7 Å². The van der Waals surface area contributed by atoms with Crippen molar-refractivity contribution in [2.75, 3.05) is 5.32 Å². The molecule has 4 aromatic rings. The van der Waals surface area contributed by atoms with Gasteiger partial charge in [0.25, 0.3) is 0 Å². The molecule has 0 saturated carbocycles. The first-order valence-electron chi connectivity index (χ1n) is 9.07. The van der Waals surface area contributed by atoms with Crippen LogP contribution in [0, 0.1) is 6.92 Å². The number of anilines is 1. The van der Waals surface area contributed by atoms with Crippen LogP contribution in [0.4, 0.5) is 5.69 Å². The van der Waals surface area contributed by atoms with Crippen molar-refractivity contribution >= 4 is 44.9 Å². The van der Waals surface area contributed by atoms with E-state index in [1.165, 1.54) is 17.3 Å². The largest absolute Gasteiger partial charge is 0.508 e. The van der Waals surface area contributed by atoms with Crippen LogP contribution in [0.15, 0.2) is 65.3 Å². The molecular formula is C22H19N3O2S2. The van der Waals surface area contributed by atoms with Gasteiger partial charge < -0.3 is 10.4 Å². The van der Waals surface area contributed by atoms with Gasteiger partial charge in [-0.3, -0.25) is 4.79 Å². The summed E-state index contributed by atoms with van der Waals surface area (Å²) in [6.45, 7) is 3.92. The predicted molar refractivity (Wildman–Crippen MR) is 120 cm³/mol. The molecule has 0 aliphatic heterocycles. The average molecular weight is 422 g/mol. The van der Waals surface area contributed by atoms with Crippen molar-refractivity contribution in [1.82, 2.24) is 9.97 Å². The third-order valence-corrected chi connectivity index (χ3v) is 6.48. The number of aromatic hydroxyl groups is 1. The van der Waals surface area contributed by atoms with Crippen LogP contribution in [0.2, 0.25) is 0 Å². The molecule has 0 radical (unpaired) electrons. The van der Waals surface area contributed by atoms with Crippen molar-refractivity contribution in [3.8, 4) is 16.9 Å². The Morgan fingerprint density at radius 2 is 1.83 bits per heavy atom. The molecule has 0 aliphatic rings. The number of hydrogen-bond acceptors (Lipinski definition) is 6. The highest BCUT2D eigenvalue weighted by Gasteiger charge is 2.20. The molecule has 146 valence electrons. The summed E-state index contributed by atoms with van der Waals surface area (Å²) in [5, 5.41) is 15.8. The number of nitrogens with zero attached hydrogens (tertiary/aromatic N) is 2. The summed E-state index contributed by atoms with van der Waals surface area (Å²) < 4.78 is 0. The molecule has 2 aromatic carbocycles. The second-order valence-electron chi connectivity index (χ2n) is 6.67.